The van der Waals surface area contributed by atoms with Crippen molar-refractivity contribution in [3.05, 3.63) is 0 Å². The van der Waals surface area contributed by atoms with E-state index in [9.17, 15) is 0 Å². The van der Waals surface area contributed by atoms with Gasteiger partial charge in [-0.1, -0.05) is 6.92 Å². The first-order chi connectivity index (χ1) is 5.35. The molecule has 3 fully saturated rings. The van der Waals surface area contributed by atoms with Crippen molar-refractivity contribution in [1.82, 2.24) is 5.32 Å². The summed E-state index contributed by atoms with van der Waals surface area (Å²) in [5.41, 5.74) is 0.701. The van der Waals surface area contributed by atoms with Crippen molar-refractivity contribution in [2.45, 2.75) is 39.0 Å². The second-order valence-corrected chi connectivity index (χ2v) is 4.43. The largest absolute Gasteiger partial charge is 0.316 e. The summed E-state index contributed by atoms with van der Waals surface area (Å²) in [7, 11) is 0. The Hall–Kier alpha value is -0.0400. The van der Waals surface area contributed by atoms with E-state index in [1.807, 2.05) is 0 Å². The molecular formula is C10H19N. The Bertz CT molecular complexity index is 128. The van der Waals surface area contributed by atoms with Gasteiger partial charge in [0.15, 0.2) is 0 Å². The van der Waals surface area contributed by atoms with Gasteiger partial charge in [-0.3, -0.25) is 0 Å². The quantitative estimate of drug-likeness (QED) is 0.609. The van der Waals surface area contributed by atoms with E-state index in [4.69, 9.17) is 0 Å². The van der Waals surface area contributed by atoms with E-state index in [-0.39, 0.29) is 0 Å². The first kappa shape index (κ1) is 7.60. The molecule has 0 unspecified atom stereocenters. The fraction of sp³-hybridized carbons (Fsp3) is 1.00. The van der Waals surface area contributed by atoms with Crippen LogP contribution in [0.5, 0.6) is 0 Å². The molecule has 1 nitrogen and oxygen atoms in total. The highest BCUT2D eigenvalue weighted by molar-refractivity contribution is 4.90. The van der Waals surface area contributed by atoms with Crippen LogP contribution in [0.1, 0.15) is 39.0 Å². The molecule has 2 saturated heterocycles. The summed E-state index contributed by atoms with van der Waals surface area (Å²) in [5, 5.41) is 3.60. The minimum atomic E-state index is 0.701. The monoisotopic (exact) mass is 153 g/mol. The van der Waals surface area contributed by atoms with Gasteiger partial charge in [-0.25, -0.2) is 0 Å². The molecule has 0 amide bonds. The molecule has 1 saturated carbocycles. The molecule has 11 heavy (non-hydrogen) atoms. The Morgan fingerprint density at radius 3 is 2.73 bits per heavy atom. The lowest BCUT2D eigenvalue weighted by Crippen LogP contribution is -2.30. The number of rotatable bonds is 1. The number of fused-ring (bicyclic) bond motifs is 4. The average molecular weight is 153 g/mol. The van der Waals surface area contributed by atoms with Crippen LogP contribution in [0.15, 0.2) is 0 Å². The van der Waals surface area contributed by atoms with E-state index in [1.54, 1.807) is 0 Å². The summed E-state index contributed by atoms with van der Waals surface area (Å²) in [6.07, 6.45) is 7.33. The maximum Gasteiger partial charge on any atom is 0.000782 e. The van der Waals surface area contributed by atoms with Gasteiger partial charge in [0, 0.05) is 6.54 Å². The van der Waals surface area contributed by atoms with Gasteiger partial charge >= 0.3 is 0 Å². The van der Waals surface area contributed by atoms with Crippen LogP contribution in [0.3, 0.4) is 0 Å². The molecule has 1 aliphatic carbocycles. The summed E-state index contributed by atoms with van der Waals surface area (Å²) < 4.78 is 0. The zero-order valence-electron chi connectivity index (χ0n) is 7.53. The van der Waals surface area contributed by atoms with Gasteiger partial charge in [0.1, 0.15) is 0 Å². The summed E-state index contributed by atoms with van der Waals surface area (Å²) in [6, 6.07) is 0. The Morgan fingerprint density at radius 2 is 2.09 bits per heavy atom. The molecule has 1 N–H and O–H groups in total. The molecule has 2 bridgehead atoms. The topological polar surface area (TPSA) is 12.0 Å². The van der Waals surface area contributed by atoms with Crippen molar-refractivity contribution < 1.29 is 0 Å². The Morgan fingerprint density at radius 1 is 1.36 bits per heavy atom. The van der Waals surface area contributed by atoms with Crippen LogP contribution in [0.4, 0.5) is 0 Å². The molecular weight excluding hydrogens is 134 g/mol. The number of hydrogen-bond acceptors (Lipinski definition) is 1. The molecule has 3 rings (SSSR count). The maximum atomic E-state index is 3.60. The van der Waals surface area contributed by atoms with Gasteiger partial charge in [0.05, 0.1) is 0 Å². The van der Waals surface area contributed by atoms with Crippen LogP contribution in [-0.2, 0) is 0 Å². The van der Waals surface area contributed by atoms with Crippen LogP contribution >= 0.6 is 0 Å². The van der Waals surface area contributed by atoms with Crippen molar-refractivity contribution >= 4 is 0 Å². The first-order valence-electron chi connectivity index (χ1n) is 5.05. The van der Waals surface area contributed by atoms with E-state index in [2.05, 4.69) is 12.2 Å². The Kier molecular flexibility index (Phi) is 1.92. The first-order valence-corrected chi connectivity index (χ1v) is 5.05. The molecule has 0 atom stereocenters. The van der Waals surface area contributed by atoms with Crippen molar-refractivity contribution in [1.29, 1.82) is 0 Å². The van der Waals surface area contributed by atoms with Gasteiger partial charge in [-0.2, -0.15) is 0 Å². The van der Waals surface area contributed by atoms with Crippen LogP contribution in [0.2, 0.25) is 0 Å². The molecule has 2 heterocycles. The van der Waals surface area contributed by atoms with E-state index >= 15 is 0 Å². The molecule has 0 aromatic carbocycles. The van der Waals surface area contributed by atoms with Crippen LogP contribution in [-0.4, -0.2) is 13.1 Å². The summed E-state index contributed by atoms with van der Waals surface area (Å²) in [6.45, 7) is 4.94. The second kappa shape index (κ2) is 2.78. The minimum absolute atomic E-state index is 0.701. The molecule has 1 heteroatoms. The lowest BCUT2D eigenvalue weighted by molar-refractivity contribution is 0.180. The van der Waals surface area contributed by atoms with E-state index < -0.39 is 0 Å². The fourth-order valence-corrected chi connectivity index (χ4v) is 2.69. The second-order valence-electron chi connectivity index (χ2n) is 4.43. The SMILES string of the molecule is CCC12CCC(CC1)CNC2. The molecule has 0 spiro atoms. The minimum Gasteiger partial charge on any atom is -0.316 e. The summed E-state index contributed by atoms with van der Waals surface area (Å²) >= 11 is 0. The average Bonchev–Trinajstić information content (AvgIpc) is 2.37. The highest BCUT2D eigenvalue weighted by Crippen LogP contribution is 2.42. The van der Waals surface area contributed by atoms with Gasteiger partial charge in [0.25, 0.3) is 0 Å². The molecule has 3 aliphatic rings. The predicted octanol–water partition coefficient (Wildman–Crippen LogP) is 2.18. The normalized spacial score (nSPS) is 43.9. The molecule has 2 aliphatic heterocycles. The highest BCUT2D eigenvalue weighted by Gasteiger charge is 2.35. The third-order valence-electron chi connectivity index (χ3n) is 3.85. The third kappa shape index (κ3) is 1.31. The van der Waals surface area contributed by atoms with E-state index in [0.717, 1.165) is 5.92 Å². The Balaban J connectivity index is 2.10. The fourth-order valence-electron chi connectivity index (χ4n) is 2.69. The van der Waals surface area contributed by atoms with Crippen LogP contribution < -0.4 is 5.32 Å². The van der Waals surface area contributed by atoms with Crippen LogP contribution in [0.25, 0.3) is 0 Å². The molecule has 0 aromatic rings. The lowest BCUT2D eigenvalue weighted by atomic mass is 9.70. The molecule has 64 valence electrons. The predicted molar refractivity (Wildman–Crippen MR) is 47.6 cm³/mol. The van der Waals surface area contributed by atoms with Gasteiger partial charge in [0.2, 0.25) is 0 Å². The Labute approximate surface area is 69.6 Å². The smallest absolute Gasteiger partial charge is 0.000782 e. The zero-order chi connectivity index (χ0) is 7.73. The van der Waals surface area contributed by atoms with E-state index in [1.165, 1.54) is 45.2 Å². The van der Waals surface area contributed by atoms with Gasteiger partial charge in [-0.05, 0) is 50.0 Å². The zero-order valence-corrected chi connectivity index (χ0v) is 7.53. The van der Waals surface area contributed by atoms with Crippen molar-refractivity contribution in [3.63, 3.8) is 0 Å². The third-order valence-corrected chi connectivity index (χ3v) is 3.85. The lowest BCUT2D eigenvalue weighted by Gasteiger charge is -2.35. The van der Waals surface area contributed by atoms with Crippen molar-refractivity contribution in [2.24, 2.45) is 11.3 Å². The van der Waals surface area contributed by atoms with Crippen molar-refractivity contribution in [3.8, 4) is 0 Å². The summed E-state index contributed by atoms with van der Waals surface area (Å²) in [4.78, 5) is 0. The van der Waals surface area contributed by atoms with Crippen LogP contribution in [0, 0.1) is 11.3 Å². The maximum absolute atomic E-state index is 3.60. The van der Waals surface area contributed by atoms with Gasteiger partial charge < -0.3 is 5.32 Å². The highest BCUT2D eigenvalue weighted by atomic mass is 14.9. The molecule has 0 radical (unpaired) electrons. The summed E-state index contributed by atoms with van der Waals surface area (Å²) in [5.74, 6) is 1.01. The number of hydrogen-bond donors (Lipinski definition) is 1. The van der Waals surface area contributed by atoms with Gasteiger partial charge in [-0.15, -0.1) is 0 Å². The number of nitrogens with one attached hydrogen (secondary N) is 1. The van der Waals surface area contributed by atoms with E-state index in [0.29, 0.717) is 5.41 Å². The standard InChI is InChI=1S/C10H19N/c1-2-10-5-3-9(4-6-10)7-11-8-10/h9,11H,2-8H2,1H3. The van der Waals surface area contributed by atoms with Crippen molar-refractivity contribution in [2.75, 3.05) is 13.1 Å². The molecule has 0 aromatic heterocycles.